The van der Waals surface area contributed by atoms with Gasteiger partial charge < -0.3 is 20.1 Å². The van der Waals surface area contributed by atoms with Gasteiger partial charge in [0.2, 0.25) is 0 Å². The molecular weight excluding hydrogens is 550 g/mol. The minimum atomic E-state index is -0.379. The zero-order valence-corrected chi connectivity index (χ0v) is 24.8. The van der Waals surface area contributed by atoms with Crippen LogP contribution < -0.4 is 10.1 Å². The monoisotopic (exact) mass is 585 g/mol. The van der Waals surface area contributed by atoms with Gasteiger partial charge in [0.15, 0.2) is 5.75 Å². The number of para-hydroxylation sites is 1. The molecular formula is C32H35N5O4S. The van der Waals surface area contributed by atoms with E-state index in [0.29, 0.717) is 42.2 Å². The van der Waals surface area contributed by atoms with Gasteiger partial charge in [-0.15, -0.1) is 11.3 Å². The maximum Gasteiger partial charge on any atom is 0.258 e. The number of amides is 2. The molecule has 3 heterocycles. The number of aliphatic hydroxyl groups excluding tert-OH is 1. The first kappa shape index (κ1) is 29.4. The summed E-state index contributed by atoms with van der Waals surface area (Å²) in [4.78, 5) is 39.4. The van der Waals surface area contributed by atoms with Crippen LogP contribution in [0.3, 0.4) is 0 Å². The number of nitrogens with zero attached hydrogens (tertiary/aromatic N) is 4. The van der Waals surface area contributed by atoms with E-state index in [9.17, 15) is 14.7 Å². The summed E-state index contributed by atoms with van der Waals surface area (Å²) in [6.07, 6.45) is 5.00. The summed E-state index contributed by atoms with van der Waals surface area (Å²) < 4.78 is 6.64. The number of pyridine rings is 1. The molecule has 5 rings (SSSR count). The number of likely N-dealkylation sites (N-methyl/N-ethyl adjacent to an activating group) is 1. The second-order valence-electron chi connectivity index (χ2n) is 10.7. The third kappa shape index (κ3) is 6.67. The summed E-state index contributed by atoms with van der Waals surface area (Å²) in [5, 5.41) is 15.7. The Morgan fingerprint density at radius 2 is 1.93 bits per heavy atom. The minimum absolute atomic E-state index is 0.0573. The van der Waals surface area contributed by atoms with Gasteiger partial charge in [0, 0.05) is 60.6 Å². The zero-order chi connectivity index (χ0) is 29.6. The fourth-order valence-corrected chi connectivity index (χ4v) is 5.70. The van der Waals surface area contributed by atoms with Crippen LogP contribution in [0.2, 0.25) is 0 Å². The molecule has 10 heteroatoms. The molecule has 0 radical (unpaired) electrons. The van der Waals surface area contributed by atoms with Crippen LogP contribution in [0.15, 0.2) is 78.6 Å². The summed E-state index contributed by atoms with van der Waals surface area (Å²) in [5.74, 6) is -0.282. The third-order valence-corrected chi connectivity index (χ3v) is 8.28. The molecule has 0 unspecified atom stereocenters. The number of carbonyl (C=O) groups is 2. The van der Waals surface area contributed by atoms with Gasteiger partial charge in [0.05, 0.1) is 23.9 Å². The molecule has 2 N–H and O–H groups in total. The second-order valence-corrected chi connectivity index (χ2v) is 11.6. The number of aromatic nitrogens is 2. The largest absolute Gasteiger partial charge is 0.486 e. The number of carbonyl (C=O) groups excluding carboxylic acids is 2. The van der Waals surface area contributed by atoms with E-state index in [1.54, 1.807) is 53.8 Å². The molecule has 0 saturated carbocycles. The number of ether oxygens (including phenoxy) is 1. The highest BCUT2D eigenvalue weighted by Crippen LogP contribution is 2.35. The van der Waals surface area contributed by atoms with Crippen molar-refractivity contribution in [2.75, 3.05) is 32.1 Å². The highest BCUT2D eigenvalue weighted by Gasteiger charge is 2.34. The maximum atomic E-state index is 13.8. The number of thiazole rings is 1. The van der Waals surface area contributed by atoms with Crippen molar-refractivity contribution in [2.24, 2.45) is 5.92 Å². The van der Waals surface area contributed by atoms with E-state index in [1.165, 1.54) is 11.3 Å². The van der Waals surface area contributed by atoms with Gasteiger partial charge in [0.25, 0.3) is 11.8 Å². The lowest BCUT2D eigenvalue weighted by Gasteiger charge is -2.38. The lowest BCUT2D eigenvalue weighted by Crippen LogP contribution is -2.49. The van der Waals surface area contributed by atoms with Crippen LogP contribution in [0.25, 0.3) is 10.6 Å². The molecule has 0 aliphatic carbocycles. The van der Waals surface area contributed by atoms with Gasteiger partial charge in [-0.3, -0.25) is 19.5 Å². The predicted molar refractivity (Wildman–Crippen MR) is 164 cm³/mol. The maximum absolute atomic E-state index is 13.8. The number of fused-ring (bicyclic) bond motifs is 1. The average Bonchev–Trinajstić information content (AvgIpc) is 3.55. The van der Waals surface area contributed by atoms with Crippen LogP contribution in [0.1, 0.15) is 40.1 Å². The molecule has 218 valence electrons. The Hall–Kier alpha value is -4.12. The number of hydrogen-bond acceptors (Lipinski definition) is 8. The Kier molecular flexibility index (Phi) is 9.26. The molecule has 1 aliphatic rings. The van der Waals surface area contributed by atoms with Gasteiger partial charge in [-0.05, 0) is 55.9 Å². The van der Waals surface area contributed by atoms with Gasteiger partial charge in [-0.25, -0.2) is 4.98 Å². The third-order valence-electron chi connectivity index (χ3n) is 7.46. The molecule has 2 amide bonds. The van der Waals surface area contributed by atoms with Crippen LogP contribution in [0.4, 0.5) is 5.69 Å². The smallest absolute Gasteiger partial charge is 0.258 e. The fraction of sp³-hybridized carbons (Fsp3) is 0.312. The van der Waals surface area contributed by atoms with E-state index in [4.69, 9.17) is 4.74 Å². The van der Waals surface area contributed by atoms with Crippen molar-refractivity contribution in [1.29, 1.82) is 0 Å². The van der Waals surface area contributed by atoms with Crippen LogP contribution >= 0.6 is 11.3 Å². The summed E-state index contributed by atoms with van der Waals surface area (Å²) in [6, 6.07) is 16.0. The summed E-state index contributed by atoms with van der Waals surface area (Å²) in [5.41, 5.74) is 3.31. The Labute approximate surface area is 249 Å². The molecule has 0 bridgehead atoms. The molecule has 0 saturated heterocycles. The van der Waals surface area contributed by atoms with Crippen LogP contribution in [0.5, 0.6) is 5.75 Å². The van der Waals surface area contributed by atoms with Crippen molar-refractivity contribution in [3.8, 4) is 16.3 Å². The van der Waals surface area contributed by atoms with Crippen LogP contribution in [0, 0.1) is 5.92 Å². The van der Waals surface area contributed by atoms with E-state index in [1.807, 2.05) is 50.5 Å². The number of hydrogen-bond donors (Lipinski definition) is 2. The lowest BCUT2D eigenvalue weighted by molar-refractivity contribution is 0.0343. The SMILES string of the molecule is C[C@@H]1CN([C@@H](C)CO)C(=O)c2cccc(NC(=O)c3ccc(-c4nccs4)cc3)c2O[C@H]1CN(C)Cc1ccncc1. The number of anilines is 1. The minimum Gasteiger partial charge on any atom is -0.486 e. The molecule has 9 nitrogen and oxygen atoms in total. The fourth-order valence-electron chi connectivity index (χ4n) is 5.06. The zero-order valence-electron chi connectivity index (χ0n) is 23.9. The number of rotatable bonds is 9. The Morgan fingerprint density at radius 3 is 2.62 bits per heavy atom. The van der Waals surface area contributed by atoms with E-state index in [2.05, 4.69) is 20.2 Å². The molecule has 3 atom stereocenters. The normalized spacial score (nSPS) is 17.6. The second kappa shape index (κ2) is 13.2. The average molecular weight is 586 g/mol. The van der Waals surface area contributed by atoms with Crippen LogP contribution in [-0.2, 0) is 6.54 Å². The van der Waals surface area contributed by atoms with Crippen molar-refractivity contribution in [3.63, 3.8) is 0 Å². The van der Waals surface area contributed by atoms with E-state index in [-0.39, 0.29) is 36.5 Å². The Bertz CT molecular complexity index is 1500. The van der Waals surface area contributed by atoms with Gasteiger partial charge >= 0.3 is 0 Å². The van der Waals surface area contributed by atoms with Crippen molar-refractivity contribution >= 4 is 28.8 Å². The highest BCUT2D eigenvalue weighted by atomic mass is 32.1. The molecule has 42 heavy (non-hydrogen) atoms. The molecule has 0 spiro atoms. The van der Waals surface area contributed by atoms with Gasteiger partial charge in [0.1, 0.15) is 11.1 Å². The molecule has 0 fully saturated rings. The predicted octanol–water partition coefficient (Wildman–Crippen LogP) is 4.81. The van der Waals surface area contributed by atoms with Crippen molar-refractivity contribution in [1.82, 2.24) is 19.8 Å². The van der Waals surface area contributed by atoms with Crippen LogP contribution in [-0.4, -0.2) is 75.6 Å². The number of nitrogens with one attached hydrogen (secondary N) is 1. The highest BCUT2D eigenvalue weighted by molar-refractivity contribution is 7.13. The number of benzene rings is 2. The first-order chi connectivity index (χ1) is 20.3. The molecule has 2 aromatic carbocycles. The Morgan fingerprint density at radius 1 is 1.17 bits per heavy atom. The summed E-state index contributed by atoms with van der Waals surface area (Å²) in [7, 11) is 2.03. The first-order valence-corrected chi connectivity index (χ1v) is 14.8. The van der Waals surface area contributed by atoms with Gasteiger partial charge in [-0.1, -0.05) is 25.1 Å². The molecule has 2 aromatic heterocycles. The number of aliphatic hydroxyl groups is 1. The summed E-state index contributed by atoms with van der Waals surface area (Å²) >= 11 is 1.53. The van der Waals surface area contributed by atoms with E-state index in [0.717, 1.165) is 16.1 Å². The lowest BCUT2D eigenvalue weighted by atomic mass is 9.98. The Balaban J connectivity index is 1.43. The van der Waals surface area contributed by atoms with Crippen molar-refractivity contribution in [3.05, 3.63) is 95.3 Å². The molecule has 1 aliphatic heterocycles. The van der Waals surface area contributed by atoms with Crippen molar-refractivity contribution in [2.45, 2.75) is 32.5 Å². The van der Waals surface area contributed by atoms with Crippen molar-refractivity contribution < 1.29 is 19.4 Å². The van der Waals surface area contributed by atoms with E-state index >= 15 is 0 Å². The first-order valence-electron chi connectivity index (χ1n) is 13.9. The quantitative estimate of drug-likeness (QED) is 0.290. The topological polar surface area (TPSA) is 108 Å². The van der Waals surface area contributed by atoms with E-state index < -0.39 is 0 Å². The standard InChI is InChI=1S/C32H35N5O4S/c1-21-17-37(22(2)20-38)32(40)26-5-4-6-27(29(26)41-28(21)19-36(3)18-23-11-13-33-14-12-23)35-30(39)24-7-9-25(10-8-24)31-34-15-16-42-31/h4-16,21-22,28,38H,17-20H2,1-3H3,(H,35,39)/t21-,22+,28+/m1/s1. The molecule has 4 aromatic rings. The summed E-state index contributed by atoms with van der Waals surface area (Å²) in [6.45, 7) is 5.43. The van der Waals surface area contributed by atoms with Gasteiger partial charge in [-0.2, -0.15) is 0 Å².